The number of pyridine rings is 1. The second-order valence-electron chi connectivity index (χ2n) is 36.1. The quantitative estimate of drug-likeness (QED) is 0.0178. The average Bonchev–Trinajstić information content (AvgIpc) is 0.821. The standard InChI is InChI=1S/C21H27NO.C18H21NO.C17H19NO.C16H18N2O.C12H15F2NO.C12H16FNO.2C12H17NO/c1-4-5-8-18-9-6-7-10-20(18)19-13-11-17(12-14-19)15-21(22-3)16(2)23;1-13-6-4-5-7-17(13)16-10-8-15(9-11-16)12-18(19-3)14(2)20;1-13(19)17(18-2)12-14-8-10-16(11-9-14)15-6-4-3-5-7-15;1-12(19)16(17-2)10-13-8-9-15(18-11-13)14-6-4-3-5-7-14;1-8(16)12(2,15-3)7-9-10(13)5-4-6-11(9)14;1-9(15)12(2,14-3)8-10-6-4-5-7-11(10)13;2*1-10(14)12(2,13-3)9-11-7-5-4-6-8-11/h6-7,9-14,21-22H,4-5,8,15H2,1-3H3;4-11,18-19H,12H2,1-3H3;3-11,17-18H,12H2,1-2H3;3-9,11,16-17H,10H2,1-2H3;4-6,15H,7H2,1-3H3;4-7,14H,8H2,1-3H3;2*4-8,13H,9H2,1-3H3/t21-;18-;;;3*12-;/m00..111./s1. The van der Waals surface area contributed by atoms with Gasteiger partial charge in [-0.25, -0.2) is 13.2 Å². The Labute approximate surface area is 831 Å². The number of nitrogens with zero attached hydrogens (tertiary/aromatic N) is 1. The van der Waals surface area contributed by atoms with Crippen molar-refractivity contribution in [3.8, 4) is 44.6 Å². The molecule has 20 heteroatoms. The lowest BCUT2D eigenvalue weighted by Crippen LogP contribution is -2.48. The fourth-order valence-electron chi connectivity index (χ4n) is 15.1. The molecule has 0 spiro atoms. The van der Waals surface area contributed by atoms with Crippen LogP contribution in [0.25, 0.3) is 44.6 Å². The number of unbranched alkanes of at least 4 members (excludes halogenated alkanes) is 1. The van der Waals surface area contributed by atoms with E-state index >= 15 is 0 Å². The molecule has 11 aromatic carbocycles. The minimum absolute atomic E-state index is 0.00264. The smallest absolute Gasteiger partial charge is 0.149 e. The molecule has 8 N–H and O–H groups in total. The van der Waals surface area contributed by atoms with E-state index in [9.17, 15) is 51.5 Å². The van der Waals surface area contributed by atoms with E-state index in [4.69, 9.17) is 0 Å². The predicted octanol–water partition coefficient (Wildman–Crippen LogP) is 20.9. The zero-order valence-electron chi connectivity index (χ0n) is 86.3. The SMILES string of the molecule is CCCCc1ccccc1-c1ccc(C[C@H](NC)C(C)=O)cc1.CNC(C)(Cc1ccccc1)C(C)=O.CNC(Cc1ccc(-c2ccccc2)cc1)C(C)=O.CNC(Cc1ccc(-c2ccccc2)nc1)C(C)=O.CN[C@@H](Cc1ccc(-c2ccccc2C)cc1)C(C)=O.CN[C@](C)(Cc1c(F)cccc1F)C(C)=O.CN[C@](C)(Cc1ccccc1)C(C)=O.CN[C@](C)(Cc1ccccc1F)C(C)=O. The molecule has 0 radical (unpaired) electrons. The van der Waals surface area contributed by atoms with Gasteiger partial charge in [0.15, 0.2) is 0 Å². The number of carbonyl (C=O) groups excluding carboxylic acids is 8. The Morgan fingerprint density at radius 2 is 0.593 bits per heavy atom. The molecular formula is C120H150F3N9O8. The number of benzene rings is 11. The summed E-state index contributed by atoms with van der Waals surface area (Å²) in [6.07, 6.45) is 10.1. The second-order valence-corrected chi connectivity index (χ2v) is 36.1. The molecule has 8 atom stereocenters. The monoisotopic (exact) mass is 1900 g/mol. The lowest BCUT2D eigenvalue weighted by Gasteiger charge is -2.26. The maximum absolute atomic E-state index is 13.4. The summed E-state index contributed by atoms with van der Waals surface area (Å²) in [5.41, 5.74) is 17.2. The summed E-state index contributed by atoms with van der Waals surface area (Å²) in [6.45, 7) is 24.3. The molecule has 12 rings (SSSR count). The van der Waals surface area contributed by atoms with Crippen LogP contribution in [0.2, 0.25) is 0 Å². The predicted molar refractivity (Wildman–Crippen MR) is 571 cm³/mol. The van der Waals surface area contributed by atoms with E-state index in [0.717, 1.165) is 55.3 Å². The molecule has 140 heavy (non-hydrogen) atoms. The Morgan fingerprint density at radius 1 is 0.293 bits per heavy atom. The third-order valence-electron chi connectivity index (χ3n) is 25.8. The third kappa shape index (κ3) is 39.2. The van der Waals surface area contributed by atoms with Gasteiger partial charge < -0.3 is 42.5 Å². The second kappa shape index (κ2) is 61.1. The molecule has 17 nitrogen and oxygen atoms in total. The Bertz CT molecular complexity index is 5590. The third-order valence-corrected chi connectivity index (χ3v) is 25.8. The summed E-state index contributed by atoms with van der Waals surface area (Å²) in [5.74, 6) is -0.634. The first kappa shape index (κ1) is 118. The van der Waals surface area contributed by atoms with Gasteiger partial charge in [-0.2, -0.15) is 0 Å². The number of nitrogens with one attached hydrogen (secondary N) is 8. The van der Waals surface area contributed by atoms with Crippen LogP contribution in [0.4, 0.5) is 13.2 Å². The number of likely N-dealkylation sites (N-methyl/N-ethyl adjacent to an activating group) is 8. The molecule has 0 amide bonds. The number of hydrogen-bond acceptors (Lipinski definition) is 17. The summed E-state index contributed by atoms with van der Waals surface area (Å²) in [4.78, 5) is 96.0. The van der Waals surface area contributed by atoms with Crippen molar-refractivity contribution in [2.75, 3.05) is 56.4 Å². The highest BCUT2D eigenvalue weighted by Crippen LogP contribution is 2.29. The molecule has 1 aromatic heterocycles. The van der Waals surface area contributed by atoms with E-state index in [1.165, 1.54) is 123 Å². The van der Waals surface area contributed by atoms with Crippen LogP contribution in [0.5, 0.6) is 0 Å². The number of aryl methyl sites for hydroxylation is 2. The van der Waals surface area contributed by atoms with Crippen LogP contribution >= 0.6 is 0 Å². The van der Waals surface area contributed by atoms with Crippen molar-refractivity contribution >= 4 is 46.3 Å². The maximum Gasteiger partial charge on any atom is 0.149 e. The number of aromatic nitrogens is 1. The van der Waals surface area contributed by atoms with E-state index in [2.05, 4.69) is 195 Å². The molecule has 0 aliphatic heterocycles. The average molecular weight is 1900 g/mol. The van der Waals surface area contributed by atoms with Crippen LogP contribution in [-0.4, -0.2) is 154 Å². The number of rotatable bonds is 39. The van der Waals surface area contributed by atoms with E-state index < -0.39 is 33.8 Å². The minimum Gasteiger partial charge on any atom is -0.310 e. The van der Waals surface area contributed by atoms with Crippen molar-refractivity contribution in [1.82, 2.24) is 47.5 Å². The Kier molecular flexibility index (Phi) is 51.4. The van der Waals surface area contributed by atoms with Gasteiger partial charge in [0.25, 0.3) is 0 Å². The fourth-order valence-corrected chi connectivity index (χ4v) is 15.1. The van der Waals surface area contributed by atoms with Crippen LogP contribution in [0.1, 0.15) is 158 Å². The summed E-state index contributed by atoms with van der Waals surface area (Å²) >= 11 is 0. The van der Waals surface area contributed by atoms with Gasteiger partial charge in [0.2, 0.25) is 0 Å². The molecule has 0 saturated heterocycles. The van der Waals surface area contributed by atoms with Crippen molar-refractivity contribution < 1.29 is 51.5 Å². The molecule has 0 saturated carbocycles. The number of ketones is 8. The first-order valence-electron chi connectivity index (χ1n) is 48.0. The highest BCUT2D eigenvalue weighted by Gasteiger charge is 2.33. The van der Waals surface area contributed by atoms with Crippen molar-refractivity contribution in [3.63, 3.8) is 0 Å². The minimum atomic E-state index is -0.941. The lowest BCUT2D eigenvalue weighted by atomic mass is 9.89. The molecule has 0 aliphatic carbocycles. The van der Waals surface area contributed by atoms with E-state index in [0.29, 0.717) is 18.4 Å². The van der Waals surface area contributed by atoms with Crippen molar-refractivity contribution in [3.05, 3.63) is 377 Å². The zero-order chi connectivity index (χ0) is 104. The Hall–Kier alpha value is -12.6. The van der Waals surface area contributed by atoms with Crippen molar-refractivity contribution in [2.45, 2.75) is 214 Å². The summed E-state index contributed by atoms with van der Waals surface area (Å²) < 4.78 is 40.2. The number of carbonyl (C=O) groups is 8. The number of halogens is 3. The van der Waals surface area contributed by atoms with E-state index in [1.807, 2.05) is 177 Å². The molecule has 744 valence electrons. The van der Waals surface area contributed by atoms with Crippen molar-refractivity contribution in [2.24, 2.45) is 0 Å². The van der Waals surface area contributed by atoms with Gasteiger partial charge >= 0.3 is 0 Å². The van der Waals surface area contributed by atoms with Crippen LogP contribution in [-0.2, 0) is 96.1 Å². The van der Waals surface area contributed by atoms with Gasteiger partial charge in [0.1, 0.15) is 63.7 Å². The van der Waals surface area contributed by atoms with Crippen LogP contribution < -0.4 is 42.5 Å². The Balaban J connectivity index is 0.000000284. The van der Waals surface area contributed by atoms with Gasteiger partial charge in [-0.3, -0.25) is 43.3 Å². The first-order valence-corrected chi connectivity index (χ1v) is 48.0. The molecule has 12 aromatic rings. The summed E-state index contributed by atoms with van der Waals surface area (Å²) in [6, 6.07) is 96.8. The first-order chi connectivity index (χ1) is 66.7. The maximum atomic E-state index is 13.4. The van der Waals surface area contributed by atoms with Gasteiger partial charge in [-0.15, -0.1) is 0 Å². The Morgan fingerprint density at radius 3 is 0.943 bits per heavy atom. The number of hydrogen-bond donors (Lipinski definition) is 8. The normalized spacial score (nSPS) is 13.2. The molecule has 1 heterocycles. The molecule has 0 bridgehead atoms. The van der Waals surface area contributed by atoms with Crippen LogP contribution in [0, 0.1) is 24.4 Å². The van der Waals surface area contributed by atoms with Gasteiger partial charge in [0, 0.05) is 30.2 Å². The van der Waals surface area contributed by atoms with Crippen LogP contribution in [0.15, 0.2) is 303 Å². The molecule has 0 fully saturated rings. The van der Waals surface area contributed by atoms with Gasteiger partial charge in [0.05, 0.1) is 52.0 Å². The van der Waals surface area contributed by atoms with Gasteiger partial charge in [-0.1, -0.05) is 286 Å². The van der Waals surface area contributed by atoms with E-state index in [-0.39, 0.29) is 88.2 Å². The van der Waals surface area contributed by atoms with Crippen molar-refractivity contribution in [1.29, 1.82) is 0 Å². The summed E-state index contributed by atoms with van der Waals surface area (Å²) in [7, 11) is 14.2. The highest BCUT2D eigenvalue weighted by molar-refractivity contribution is 5.88. The molecular weight excluding hydrogens is 1750 g/mol. The fraction of sp³-hybridized carbons (Fsp3) is 0.342. The molecule has 3 unspecified atom stereocenters. The molecule has 0 aliphatic rings. The largest absolute Gasteiger partial charge is 0.310 e. The number of Topliss-reactive ketones (excluding diaryl/α,β-unsaturated/α-hetero) is 8. The van der Waals surface area contributed by atoms with Crippen LogP contribution in [0.3, 0.4) is 0 Å². The highest BCUT2D eigenvalue weighted by atomic mass is 19.1. The summed E-state index contributed by atoms with van der Waals surface area (Å²) in [5, 5.41) is 24.1. The van der Waals surface area contributed by atoms with Gasteiger partial charge in [-0.05, 0) is 305 Å². The zero-order valence-corrected chi connectivity index (χ0v) is 86.3. The lowest BCUT2D eigenvalue weighted by molar-refractivity contribution is -0.123. The van der Waals surface area contributed by atoms with E-state index in [1.54, 1.807) is 94.7 Å². The topological polar surface area (TPSA) is 246 Å².